The number of carbonyl (C=O) groups excluding carboxylic acids is 2. The second kappa shape index (κ2) is 7.04. The Morgan fingerprint density at radius 2 is 2.00 bits per heavy atom. The largest absolute Gasteiger partial charge is 0.496 e. The first kappa shape index (κ1) is 16.7. The number of benzene rings is 1. The molecule has 0 spiro atoms. The molecule has 1 aliphatic heterocycles. The van der Waals surface area contributed by atoms with E-state index in [1.54, 1.807) is 38.1 Å². The highest BCUT2D eigenvalue weighted by Crippen LogP contribution is 2.23. The number of hydrogen-bond donors (Lipinski definition) is 1. The number of ether oxygens (including phenoxy) is 4. The van der Waals surface area contributed by atoms with Gasteiger partial charge in [-0.2, -0.15) is 0 Å². The standard InChI is InChI=1S/C16H19NO6/c1-16(2)22-9-11(23-16)8-17-14(18)10-21-15(19)12-6-4-5-7-13(12)20-3/h4-7,9H,8,10H2,1-3H3,(H,17,18). The van der Waals surface area contributed by atoms with E-state index in [0.717, 1.165) is 0 Å². The number of nitrogens with one attached hydrogen (secondary N) is 1. The number of methoxy groups -OCH3 is 1. The number of para-hydroxylation sites is 1. The van der Waals surface area contributed by atoms with Crippen LogP contribution >= 0.6 is 0 Å². The van der Waals surface area contributed by atoms with E-state index in [9.17, 15) is 9.59 Å². The van der Waals surface area contributed by atoms with E-state index in [1.807, 2.05) is 0 Å². The SMILES string of the molecule is COc1ccccc1C(=O)OCC(=O)NCC1=COC(C)(C)O1. The van der Waals surface area contributed by atoms with Gasteiger partial charge in [0.05, 0.1) is 13.7 Å². The number of esters is 1. The Labute approximate surface area is 134 Å². The molecule has 0 saturated carbocycles. The van der Waals surface area contributed by atoms with Crippen LogP contribution in [0.4, 0.5) is 0 Å². The second-order valence-corrected chi connectivity index (χ2v) is 5.26. The summed E-state index contributed by atoms with van der Waals surface area (Å²) in [7, 11) is 1.46. The monoisotopic (exact) mass is 321 g/mol. The normalized spacial score (nSPS) is 15.0. The van der Waals surface area contributed by atoms with Gasteiger partial charge < -0.3 is 24.3 Å². The molecular formula is C16H19NO6. The molecule has 0 atom stereocenters. The highest BCUT2D eigenvalue weighted by atomic mass is 16.7. The summed E-state index contributed by atoms with van der Waals surface area (Å²) in [5.41, 5.74) is 0.264. The van der Waals surface area contributed by atoms with E-state index < -0.39 is 24.3 Å². The third-order valence-electron chi connectivity index (χ3n) is 2.97. The summed E-state index contributed by atoms with van der Waals surface area (Å²) in [5, 5.41) is 2.58. The molecule has 7 nitrogen and oxygen atoms in total. The molecule has 1 aromatic rings. The van der Waals surface area contributed by atoms with Crippen molar-refractivity contribution in [3.05, 3.63) is 41.9 Å². The smallest absolute Gasteiger partial charge is 0.342 e. The van der Waals surface area contributed by atoms with Gasteiger partial charge in [0.25, 0.3) is 5.91 Å². The highest BCUT2D eigenvalue weighted by molar-refractivity contribution is 5.93. The maximum absolute atomic E-state index is 11.9. The van der Waals surface area contributed by atoms with Gasteiger partial charge in [0.2, 0.25) is 5.79 Å². The van der Waals surface area contributed by atoms with E-state index in [0.29, 0.717) is 11.5 Å². The van der Waals surface area contributed by atoms with Gasteiger partial charge in [-0.15, -0.1) is 0 Å². The Kier molecular flexibility index (Phi) is 5.10. The van der Waals surface area contributed by atoms with Crippen molar-refractivity contribution in [2.24, 2.45) is 0 Å². The van der Waals surface area contributed by atoms with Crippen LogP contribution in [-0.2, 0) is 19.0 Å². The van der Waals surface area contributed by atoms with Crippen LogP contribution in [0.3, 0.4) is 0 Å². The minimum absolute atomic E-state index is 0.161. The molecular weight excluding hydrogens is 302 g/mol. The zero-order valence-corrected chi connectivity index (χ0v) is 13.3. The molecule has 2 rings (SSSR count). The third-order valence-corrected chi connectivity index (χ3v) is 2.97. The Morgan fingerprint density at radius 3 is 2.65 bits per heavy atom. The Morgan fingerprint density at radius 1 is 1.26 bits per heavy atom. The van der Waals surface area contributed by atoms with Gasteiger partial charge in [-0.25, -0.2) is 4.79 Å². The van der Waals surface area contributed by atoms with E-state index in [-0.39, 0.29) is 12.1 Å². The third kappa shape index (κ3) is 4.64. The van der Waals surface area contributed by atoms with Crippen molar-refractivity contribution in [3.63, 3.8) is 0 Å². The van der Waals surface area contributed by atoms with Crippen molar-refractivity contribution >= 4 is 11.9 Å². The Hall–Kier alpha value is -2.70. The molecule has 1 N–H and O–H groups in total. The molecule has 7 heteroatoms. The quantitative estimate of drug-likeness (QED) is 0.801. The van der Waals surface area contributed by atoms with Crippen molar-refractivity contribution in [1.82, 2.24) is 5.32 Å². The van der Waals surface area contributed by atoms with Crippen LogP contribution in [0.25, 0.3) is 0 Å². The maximum atomic E-state index is 11.9. The number of hydrogen-bond acceptors (Lipinski definition) is 6. The van der Waals surface area contributed by atoms with Crippen LogP contribution in [0.5, 0.6) is 5.75 Å². The molecule has 23 heavy (non-hydrogen) atoms. The Bertz CT molecular complexity index is 623. The lowest BCUT2D eigenvalue weighted by molar-refractivity contribution is -0.126. The predicted molar refractivity (Wildman–Crippen MR) is 80.6 cm³/mol. The summed E-state index contributed by atoms with van der Waals surface area (Å²) in [4.78, 5) is 23.6. The first-order valence-electron chi connectivity index (χ1n) is 7.04. The van der Waals surface area contributed by atoms with Crippen molar-refractivity contribution in [1.29, 1.82) is 0 Å². The zero-order chi connectivity index (χ0) is 16.9. The molecule has 0 bridgehead atoms. The van der Waals surface area contributed by atoms with Crippen molar-refractivity contribution in [2.45, 2.75) is 19.6 Å². The molecule has 1 aromatic carbocycles. The topological polar surface area (TPSA) is 83.1 Å². The summed E-state index contributed by atoms with van der Waals surface area (Å²) in [5.74, 6) is -0.904. The summed E-state index contributed by atoms with van der Waals surface area (Å²) in [6, 6.07) is 6.63. The van der Waals surface area contributed by atoms with Gasteiger partial charge in [0.15, 0.2) is 12.4 Å². The van der Waals surface area contributed by atoms with E-state index in [4.69, 9.17) is 18.9 Å². The molecule has 1 heterocycles. The van der Waals surface area contributed by atoms with Crippen LogP contribution in [0.1, 0.15) is 24.2 Å². The van der Waals surface area contributed by atoms with Gasteiger partial charge in [-0.3, -0.25) is 4.79 Å². The minimum Gasteiger partial charge on any atom is -0.496 e. The lowest BCUT2D eigenvalue weighted by atomic mass is 10.2. The predicted octanol–water partition coefficient (Wildman–Crippen LogP) is 1.59. The van der Waals surface area contributed by atoms with Crippen LogP contribution in [0, 0.1) is 0 Å². The number of rotatable bonds is 6. The van der Waals surface area contributed by atoms with Gasteiger partial charge in [-0.05, 0) is 12.1 Å². The molecule has 0 aromatic heterocycles. The second-order valence-electron chi connectivity index (χ2n) is 5.26. The molecule has 0 unspecified atom stereocenters. The molecule has 124 valence electrons. The summed E-state index contributed by atoms with van der Waals surface area (Å²) in [6.45, 7) is 3.28. The van der Waals surface area contributed by atoms with Crippen LogP contribution < -0.4 is 10.1 Å². The van der Waals surface area contributed by atoms with Crippen molar-refractivity contribution in [3.8, 4) is 5.75 Å². The summed E-state index contributed by atoms with van der Waals surface area (Å²) in [6.07, 6.45) is 1.45. The van der Waals surface area contributed by atoms with Crippen LogP contribution in [-0.4, -0.2) is 37.9 Å². The van der Waals surface area contributed by atoms with Crippen LogP contribution in [0.15, 0.2) is 36.3 Å². The summed E-state index contributed by atoms with van der Waals surface area (Å²) < 4.78 is 20.7. The van der Waals surface area contributed by atoms with Gasteiger partial charge in [0.1, 0.15) is 17.6 Å². The summed E-state index contributed by atoms with van der Waals surface area (Å²) >= 11 is 0. The fourth-order valence-corrected chi connectivity index (χ4v) is 1.91. The Balaban J connectivity index is 1.77. The number of amides is 1. The van der Waals surface area contributed by atoms with Gasteiger partial charge in [-0.1, -0.05) is 12.1 Å². The lowest BCUT2D eigenvalue weighted by Gasteiger charge is -2.18. The first-order valence-corrected chi connectivity index (χ1v) is 7.04. The average molecular weight is 321 g/mol. The molecule has 1 amide bonds. The van der Waals surface area contributed by atoms with E-state index in [2.05, 4.69) is 5.32 Å². The van der Waals surface area contributed by atoms with E-state index in [1.165, 1.54) is 13.4 Å². The van der Waals surface area contributed by atoms with Crippen molar-refractivity contribution < 1.29 is 28.5 Å². The van der Waals surface area contributed by atoms with E-state index >= 15 is 0 Å². The molecule has 1 aliphatic rings. The molecule has 0 radical (unpaired) electrons. The van der Waals surface area contributed by atoms with Crippen LogP contribution in [0.2, 0.25) is 0 Å². The average Bonchev–Trinajstić information content (AvgIpc) is 2.89. The fraction of sp³-hybridized carbons (Fsp3) is 0.375. The molecule has 0 aliphatic carbocycles. The van der Waals surface area contributed by atoms with Gasteiger partial charge in [0, 0.05) is 13.8 Å². The van der Waals surface area contributed by atoms with Gasteiger partial charge >= 0.3 is 5.97 Å². The zero-order valence-electron chi connectivity index (χ0n) is 13.3. The number of carbonyl (C=O) groups is 2. The maximum Gasteiger partial charge on any atom is 0.342 e. The minimum atomic E-state index is -0.726. The highest BCUT2D eigenvalue weighted by Gasteiger charge is 2.27. The van der Waals surface area contributed by atoms with Crippen molar-refractivity contribution in [2.75, 3.05) is 20.3 Å². The first-order chi connectivity index (χ1) is 10.9. The lowest BCUT2D eigenvalue weighted by Crippen LogP contribution is -2.31. The molecule has 0 fully saturated rings. The fourth-order valence-electron chi connectivity index (χ4n) is 1.91. The molecule has 0 saturated heterocycles.